The average Bonchev–Trinajstić information content (AvgIpc) is 2.28. The molecule has 1 aromatic rings. The number of anilines is 2. The molecule has 16 heavy (non-hydrogen) atoms. The van der Waals surface area contributed by atoms with E-state index in [1.165, 1.54) is 0 Å². The van der Waals surface area contributed by atoms with Crippen LogP contribution in [0, 0.1) is 5.92 Å². The Morgan fingerprint density at radius 2 is 1.81 bits per heavy atom. The summed E-state index contributed by atoms with van der Waals surface area (Å²) in [4.78, 5) is 8.82. The van der Waals surface area contributed by atoms with Gasteiger partial charge in [0.25, 0.3) is 0 Å². The van der Waals surface area contributed by atoms with E-state index in [1.807, 2.05) is 13.1 Å². The van der Waals surface area contributed by atoms with E-state index >= 15 is 0 Å². The minimum atomic E-state index is 0.407. The van der Waals surface area contributed by atoms with Crippen LogP contribution in [0.2, 0.25) is 0 Å². The molecule has 2 N–H and O–H groups in total. The van der Waals surface area contributed by atoms with Crippen LogP contribution in [0.4, 0.5) is 11.6 Å². The first-order chi connectivity index (χ1) is 7.56. The van der Waals surface area contributed by atoms with Crippen LogP contribution in [0.1, 0.15) is 33.5 Å². The van der Waals surface area contributed by atoms with E-state index in [0.29, 0.717) is 12.0 Å². The van der Waals surface area contributed by atoms with Gasteiger partial charge in [-0.15, -0.1) is 0 Å². The molecule has 0 amide bonds. The molecule has 1 atom stereocenters. The first-order valence-electron chi connectivity index (χ1n) is 5.89. The number of nitrogens with one attached hydrogen (secondary N) is 2. The molecular weight excluding hydrogens is 200 g/mol. The molecule has 0 bridgehead atoms. The van der Waals surface area contributed by atoms with Crippen molar-refractivity contribution in [3.63, 3.8) is 0 Å². The molecule has 1 heterocycles. The van der Waals surface area contributed by atoms with Gasteiger partial charge in [-0.1, -0.05) is 20.8 Å². The van der Waals surface area contributed by atoms with Crippen molar-refractivity contribution >= 4 is 11.6 Å². The van der Waals surface area contributed by atoms with Crippen molar-refractivity contribution in [2.24, 2.45) is 5.92 Å². The lowest BCUT2D eigenvalue weighted by Gasteiger charge is -2.18. The highest BCUT2D eigenvalue weighted by Gasteiger charge is 2.09. The van der Waals surface area contributed by atoms with Gasteiger partial charge in [-0.25, -0.2) is 9.97 Å². The van der Waals surface area contributed by atoms with Crippen LogP contribution in [0.15, 0.2) is 6.07 Å². The highest BCUT2D eigenvalue weighted by Crippen LogP contribution is 2.14. The Bertz CT molecular complexity index is 314. The Balaban J connectivity index is 2.86. The lowest BCUT2D eigenvalue weighted by Crippen LogP contribution is -2.22. The Morgan fingerprint density at radius 1 is 1.19 bits per heavy atom. The average molecular weight is 222 g/mol. The number of rotatable bonds is 5. The van der Waals surface area contributed by atoms with Gasteiger partial charge in [0.1, 0.15) is 17.5 Å². The van der Waals surface area contributed by atoms with Crippen LogP contribution >= 0.6 is 0 Å². The third-order valence-electron chi connectivity index (χ3n) is 2.72. The largest absolute Gasteiger partial charge is 0.373 e. The number of nitrogens with zero attached hydrogens (tertiary/aromatic N) is 2. The summed E-state index contributed by atoms with van der Waals surface area (Å²) in [6, 6.07) is 2.35. The smallest absolute Gasteiger partial charge is 0.132 e. The molecule has 0 saturated heterocycles. The minimum absolute atomic E-state index is 0.407. The zero-order valence-electron chi connectivity index (χ0n) is 10.8. The molecule has 0 aliphatic heterocycles. The standard InChI is InChI=1S/C12H22N4/c1-6-10-15-11(13-5)7-12(16-10)14-9(4)8(2)3/h7-9H,6H2,1-5H3,(H2,13,14,15,16). The molecule has 0 radical (unpaired) electrons. The molecule has 0 aliphatic carbocycles. The molecule has 0 fully saturated rings. The second-order valence-corrected chi connectivity index (χ2v) is 4.34. The van der Waals surface area contributed by atoms with Crippen molar-refractivity contribution in [3.8, 4) is 0 Å². The number of aryl methyl sites for hydroxylation is 1. The van der Waals surface area contributed by atoms with E-state index in [9.17, 15) is 0 Å². The molecule has 1 unspecified atom stereocenters. The van der Waals surface area contributed by atoms with Gasteiger partial charge in [0.05, 0.1) is 0 Å². The Labute approximate surface area is 97.9 Å². The van der Waals surface area contributed by atoms with Gasteiger partial charge in [-0.3, -0.25) is 0 Å². The van der Waals surface area contributed by atoms with Gasteiger partial charge >= 0.3 is 0 Å². The molecule has 1 aromatic heterocycles. The van der Waals surface area contributed by atoms with Crippen LogP contribution in [-0.4, -0.2) is 23.1 Å². The van der Waals surface area contributed by atoms with E-state index in [1.54, 1.807) is 0 Å². The number of aromatic nitrogens is 2. The van der Waals surface area contributed by atoms with Crippen LogP contribution in [0.5, 0.6) is 0 Å². The third kappa shape index (κ3) is 3.36. The summed E-state index contributed by atoms with van der Waals surface area (Å²) in [5, 5.41) is 6.45. The lowest BCUT2D eigenvalue weighted by atomic mass is 10.1. The molecule has 0 aliphatic rings. The van der Waals surface area contributed by atoms with E-state index in [-0.39, 0.29) is 0 Å². The SMILES string of the molecule is CCc1nc(NC)cc(NC(C)C(C)C)n1. The van der Waals surface area contributed by atoms with Crippen molar-refractivity contribution in [1.29, 1.82) is 0 Å². The van der Waals surface area contributed by atoms with Crippen molar-refractivity contribution in [3.05, 3.63) is 11.9 Å². The Hall–Kier alpha value is -1.32. The highest BCUT2D eigenvalue weighted by atomic mass is 15.1. The predicted molar refractivity (Wildman–Crippen MR) is 68.9 cm³/mol. The fourth-order valence-corrected chi connectivity index (χ4v) is 1.26. The maximum atomic E-state index is 4.46. The fourth-order valence-electron chi connectivity index (χ4n) is 1.26. The molecule has 90 valence electrons. The minimum Gasteiger partial charge on any atom is -0.373 e. The van der Waals surface area contributed by atoms with Crippen molar-refractivity contribution in [2.45, 2.75) is 40.2 Å². The van der Waals surface area contributed by atoms with Gasteiger partial charge in [-0.2, -0.15) is 0 Å². The monoisotopic (exact) mass is 222 g/mol. The van der Waals surface area contributed by atoms with Gasteiger partial charge in [-0.05, 0) is 12.8 Å². The molecule has 0 saturated carbocycles. The Morgan fingerprint density at radius 3 is 2.31 bits per heavy atom. The van der Waals surface area contributed by atoms with E-state index in [2.05, 4.69) is 48.3 Å². The van der Waals surface area contributed by atoms with E-state index in [4.69, 9.17) is 0 Å². The number of hydrogen-bond donors (Lipinski definition) is 2. The summed E-state index contributed by atoms with van der Waals surface area (Å²) in [5.74, 6) is 3.21. The van der Waals surface area contributed by atoms with Gasteiger partial charge < -0.3 is 10.6 Å². The summed E-state index contributed by atoms with van der Waals surface area (Å²) in [7, 11) is 1.87. The Kier molecular flexibility index (Phi) is 4.52. The zero-order valence-corrected chi connectivity index (χ0v) is 10.8. The topological polar surface area (TPSA) is 49.8 Å². The maximum Gasteiger partial charge on any atom is 0.132 e. The highest BCUT2D eigenvalue weighted by molar-refractivity contribution is 5.47. The maximum absolute atomic E-state index is 4.46. The summed E-state index contributed by atoms with van der Waals surface area (Å²) < 4.78 is 0. The van der Waals surface area contributed by atoms with Gasteiger partial charge in [0.15, 0.2) is 0 Å². The first-order valence-corrected chi connectivity index (χ1v) is 5.89. The number of hydrogen-bond acceptors (Lipinski definition) is 4. The molecule has 0 spiro atoms. The molecular formula is C12H22N4. The lowest BCUT2D eigenvalue weighted by molar-refractivity contribution is 0.558. The molecule has 0 aromatic carbocycles. The van der Waals surface area contributed by atoms with Gasteiger partial charge in [0.2, 0.25) is 0 Å². The summed E-state index contributed by atoms with van der Waals surface area (Å²) in [5.41, 5.74) is 0. The molecule has 4 heteroatoms. The summed E-state index contributed by atoms with van der Waals surface area (Å²) >= 11 is 0. The fraction of sp³-hybridized carbons (Fsp3) is 0.667. The molecule has 1 rings (SSSR count). The normalized spacial score (nSPS) is 12.6. The second-order valence-electron chi connectivity index (χ2n) is 4.34. The molecule has 4 nitrogen and oxygen atoms in total. The van der Waals surface area contributed by atoms with Crippen molar-refractivity contribution in [2.75, 3.05) is 17.7 Å². The summed E-state index contributed by atoms with van der Waals surface area (Å²) in [6.07, 6.45) is 0.847. The van der Waals surface area contributed by atoms with E-state index < -0.39 is 0 Å². The van der Waals surface area contributed by atoms with Gasteiger partial charge in [0, 0.05) is 25.6 Å². The third-order valence-corrected chi connectivity index (χ3v) is 2.72. The van der Waals surface area contributed by atoms with Crippen molar-refractivity contribution in [1.82, 2.24) is 9.97 Å². The quantitative estimate of drug-likeness (QED) is 0.804. The predicted octanol–water partition coefficient (Wildman–Crippen LogP) is 2.54. The van der Waals surface area contributed by atoms with Crippen LogP contribution < -0.4 is 10.6 Å². The van der Waals surface area contributed by atoms with Crippen LogP contribution in [-0.2, 0) is 6.42 Å². The van der Waals surface area contributed by atoms with Crippen LogP contribution in [0.3, 0.4) is 0 Å². The second kappa shape index (κ2) is 5.68. The van der Waals surface area contributed by atoms with Crippen molar-refractivity contribution < 1.29 is 0 Å². The summed E-state index contributed by atoms with van der Waals surface area (Å²) in [6.45, 7) is 8.61. The zero-order chi connectivity index (χ0) is 12.1. The van der Waals surface area contributed by atoms with E-state index in [0.717, 1.165) is 23.9 Å². The van der Waals surface area contributed by atoms with Crippen LogP contribution in [0.25, 0.3) is 0 Å². The first kappa shape index (κ1) is 12.7.